The lowest BCUT2D eigenvalue weighted by atomic mass is 9.99. The fourth-order valence-corrected chi connectivity index (χ4v) is 3.86. The zero-order chi connectivity index (χ0) is 24.4. The van der Waals surface area contributed by atoms with E-state index in [2.05, 4.69) is 15.4 Å². The number of alkyl halides is 3. The first-order valence-electron chi connectivity index (χ1n) is 10.4. The van der Waals surface area contributed by atoms with Crippen molar-refractivity contribution in [3.63, 3.8) is 0 Å². The van der Waals surface area contributed by atoms with E-state index >= 15 is 0 Å². The Morgan fingerprint density at radius 2 is 2.03 bits per heavy atom. The van der Waals surface area contributed by atoms with E-state index in [1.54, 1.807) is 33.9 Å². The van der Waals surface area contributed by atoms with Crippen molar-refractivity contribution in [3.05, 3.63) is 29.8 Å². The topological polar surface area (TPSA) is 81.5 Å². The van der Waals surface area contributed by atoms with Gasteiger partial charge in [0.2, 0.25) is 0 Å². The van der Waals surface area contributed by atoms with Crippen molar-refractivity contribution in [2.75, 3.05) is 25.1 Å². The highest BCUT2D eigenvalue weighted by Gasteiger charge is 2.33. The quantitative estimate of drug-likeness (QED) is 0.631. The highest BCUT2D eigenvalue weighted by atomic mass is 35.5. The Balaban J connectivity index is 1.85. The summed E-state index contributed by atoms with van der Waals surface area (Å²) >= 11 is 6.14. The molecule has 33 heavy (non-hydrogen) atoms. The summed E-state index contributed by atoms with van der Waals surface area (Å²) in [7, 11) is 1.58. The molecule has 182 valence electrons. The number of carbonyl (C=O) groups excluding carboxylic acids is 1. The van der Waals surface area contributed by atoms with Gasteiger partial charge in [0.25, 0.3) is 0 Å². The number of anilines is 1. The third-order valence-electron chi connectivity index (χ3n) is 5.03. The van der Waals surface area contributed by atoms with Gasteiger partial charge in [-0.1, -0.05) is 11.6 Å². The second-order valence-corrected chi connectivity index (χ2v) is 9.21. The first kappa shape index (κ1) is 25.1. The molecule has 1 aliphatic rings. The van der Waals surface area contributed by atoms with Crippen LogP contribution < -0.4 is 10.2 Å². The molecule has 2 aromatic heterocycles. The van der Waals surface area contributed by atoms with Crippen LogP contribution in [0.4, 0.5) is 23.7 Å². The molecule has 0 aliphatic carbocycles. The number of nitrogens with one attached hydrogen (secondary N) is 1. The van der Waals surface area contributed by atoms with Crippen LogP contribution in [-0.2, 0) is 16.0 Å². The fraction of sp³-hybridized carbons (Fsp3) is 0.571. The van der Waals surface area contributed by atoms with E-state index in [9.17, 15) is 18.0 Å². The lowest BCUT2D eigenvalue weighted by molar-refractivity contribution is -0.142. The number of halogens is 4. The van der Waals surface area contributed by atoms with Gasteiger partial charge < -0.3 is 19.7 Å². The van der Waals surface area contributed by atoms with Gasteiger partial charge in [-0.05, 0) is 33.3 Å². The van der Waals surface area contributed by atoms with Crippen LogP contribution in [0.15, 0.2) is 24.7 Å². The van der Waals surface area contributed by atoms with Crippen molar-refractivity contribution in [3.8, 4) is 11.1 Å². The molecule has 0 unspecified atom stereocenters. The Morgan fingerprint density at radius 1 is 1.30 bits per heavy atom. The summed E-state index contributed by atoms with van der Waals surface area (Å²) in [6, 6.07) is 1.27. The Morgan fingerprint density at radius 3 is 2.67 bits per heavy atom. The van der Waals surface area contributed by atoms with Crippen molar-refractivity contribution in [1.29, 1.82) is 0 Å². The Labute approximate surface area is 195 Å². The molecule has 0 saturated carbocycles. The van der Waals surface area contributed by atoms with Gasteiger partial charge >= 0.3 is 12.3 Å². The summed E-state index contributed by atoms with van der Waals surface area (Å²) in [6.45, 7) is 5.09. The van der Waals surface area contributed by atoms with Crippen molar-refractivity contribution in [1.82, 2.24) is 20.1 Å². The predicted molar refractivity (Wildman–Crippen MR) is 117 cm³/mol. The molecule has 1 aliphatic heterocycles. The third-order valence-corrected chi connectivity index (χ3v) is 5.24. The molecule has 0 spiro atoms. The molecular weight excluding hydrogens is 463 g/mol. The molecule has 1 N–H and O–H groups in total. The molecule has 12 heteroatoms. The first-order chi connectivity index (χ1) is 15.3. The number of piperidine rings is 1. The lowest BCUT2D eigenvalue weighted by Gasteiger charge is -2.40. The molecular formula is C21H27ClF3N5O3. The van der Waals surface area contributed by atoms with Crippen LogP contribution in [-0.4, -0.2) is 65.0 Å². The van der Waals surface area contributed by atoms with Crippen molar-refractivity contribution < 1.29 is 27.4 Å². The molecule has 2 atom stereocenters. The number of aromatic nitrogens is 3. The number of nitrogens with zero attached hydrogens (tertiary/aromatic N) is 4. The van der Waals surface area contributed by atoms with Gasteiger partial charge in [-0.25, -0.2) is 9.78 Å². The second-order valence-electron chi connectivity index (χ2n) is 8.83. The zero-order valence-electron chi connectivity index (χ0n) is 18.8. The minimum Gasteiger partial charge on any atom is -0.444 e. The minimum atomic E-state index is -4.38. The summed E-state index contributed by atoms with van der Waals surface area (Å²) in [4.78, 5) is 18.4. The molecule has 1 saturated heterocycles. The van der Waals surface area contributed by atoms with E-state index in [1.165, 1.54) is 18.6 Å². The maximum Gasteiger partial charge on any atom is 0.408 e. The largest absolute Gasteiger partial charge is 0.444 e. The van der Waals surface area contributed by atoms with Crippen LogP contribution >= 0.6 is 11.6 Å². The van der Waals surface area contributed by atoms with Crippen molar-refractivity contribution in [2.24, 2.45) is 0 Å². The normalized spacial score (nSPS) is 19.5. The van der Waals surface area contributed by atoms with Crippen LogP contribution in [0.5, 0.6) is 0 Å². The molecule has 0 radical (unpaired) electrons. The molecule has 1 amide bonds. The van der Waals surface area contributed by atoms with E-state index in [1.807, 2.05) is 4.90 Å². The van der Waals surface area contributed by atoms with Crippen LogP contribution in [0.1, 0.15) is 27.2 Å². The number of ether oxygens (including phenoxy) is 2. The highest BCUT2D eigenvalue weighted by molar-refractivity contribution is 6.29. The van der Waals surface area contributed by atoms with E-state index in [4.69, 9.17) is 21.1 Å². The molecule has 3 heterocycles. The summed E-state index contributed by atoms with van der Waals surface area (Å²) < 4.78 is 50.0. The summed E-state index contributed by atoms with van der Waals surface area (Å²) in [5.41, 5.74) is 1.08. The lowest BCUT2D eigenvalue weighted by Crippen LogP contribution is -2.56. The van der Waals surface area contributed by atoms with Crippen LogP contribution in [0.3, 0.4) is 0 Å². The maximum absolute atomic E-state index is 12.7. The molecule has 3 rings (SSSR count). The van der Waals surface area contributed by atoms with Crippen molar-refractivity contribution in [2.45, 2.75) is 57.7 Å². The standard InChI is InChI=1S/C21H27ClF3N5O3/c1-20(2,3)33-19(31)28-15-11-29(6-5-17(15)32-4)16-7-18(22)26-9-14(16)13-8-27-30(10-13)12-21(23,24)25/h7-10,15,17H,5-6,11-12H2,1-4H3,(H,28,31)/t15-,17-/m1/s1. The number of alkyl carbamates (subject to hydrolysis) is 1. The van der Waals surface area contributed by atoms with Gasteiger partial charge in [-0.2, -0.15) is 18.3 Å². The molecule has 0 aromatic carbocycles. The number of carbonyl (C=O) groups is 1. The van der Waals surface area contributed by atoms with E-state index < -0.39 is 24.4 Å². The molecule has 2 aromatic rings. The monoisotopic (exact) mass is 489 g/mol. The number of pyridine rings is 1. The van der Waals surface area contributed by atoms with Crippen LogP contribution in [0.25, 0.3) is 11.1 Å². The van der Waals surface area contributed by atoms with Gasteiger partial charge in [0.15, 0.2) is 0 Å². The van der Waals surface area contributed by atoms with Crippen molar-refractivity contribution >= 4 is 23.4 Å². The smallest absolute Gasteiger partial charge is 0.408 e. The van der Waals surface area contributed by atoms with Gasteiger partial charge in [-0.15, -0.1) is 0 Å². The predicted octanol–water partition coefficient (Wildman–Crippen LogP) is 4.28. The Kier molecular flexibility index (Phi) is 7.42. The van der Waals surface area contributed by atoms with Crippen LogP contribution in [0, 0.1) is 0 Å². The van der Waals surface area contributed by atoms with Gasteiger partial charge in [0, 0.05) is 49.4 Å². The van der Waals surface area contributed by atoms with E-state index in [0.717, 1.165) is 4.68 Å². The molecule has 8 nitrogen and oxygen atoms in total. The molecule has 0 bridgehead atoms. The minimum absolute atomic E-state index is 0.232. The second kappa shape index (κ2) is 9.76. The molecule has 1 fully saturated rings. The SMILES string of the molecule is CO[C@@H]1CCN(c2cc(Cl)ncc2-c2cnn(CC(F)(F)F)c2)C[C@H]1NC(=O)OC(C)(C)C. The number of amides is 1. The van der Waals surface area contributed by atoms with Gasteiger partial charge in [0.1, 0.15) is 17.3 Å². The number of hydrogen-bond acceptors (Lipinski definition) is 6. The van der Waals surface area contributed by atoms with Gasteiger partial charge in [0.05, 0.1) is 18.3 Å². The maximum atomic E-state index is 12.7. The van der Waals surface area contributed by atoms with E-state index in [-0.39, 0.29) is 17.3 Å². The van der Waals surface area contributed by atoms with Gasteiger partial charge in [-0.3, -0.25) is 4.68 Å². The zero-order valence-corrected chi connectivity index (χ0v) is 19.6. The van der Waals surface area contributed by atoms with E-state index in [0.29, 0.717) is 36.3 Å². The Hall–Kier alpha value is -2.53. The summed E-state index contributed by atoms with van der Waals surface area (Å²) in [5, 5.41) is 6.92. The number of hydrogen-bond donors (Lipinski definition) is 1. The average molecular weight is 490 g/mol. The highest BCUT2D eigenvalue weighted by Crippen LogP contribution is 2.34. The fourth-order valence-electron chi connectivity index (χ4n) is 3.71. The average Bonchev–Trinajstić information content (AvgIpc) is 3.12. The summed E-state index contributed by atoms with van der Waals surface area (Å²) in [5.74, 6) is 0. The number of rotatable bonds is 5. The third kappa shape index (κ3) is 6.97. The Bertz CT molecular complexity index is 977. The first-order valence-corrected chi connectivity index (χ1v) is 10.7. The number of methoxy groups -OCH3 is 1. The van der Waals surface area contributed by atoms with Crippen LogP contribution in [0.2, 0.25) is 5.15 Å². The summed E-state index contributed by atoms with van der Waals surface area (Å²) in [6.07, 6.45) is -0.386.